The maximum Gasteiger partial charge on any atom is 0.422 e. The third-order valence-corrected chi connectivity index (χ3v) is 4.33. The van der Waals surface area contributed by atoms with Crippen molar-refractivity contribution < 1.29 is 27.1 Å². The van der Waals surface area contributed by atoms with Gasteiger partial charge in [0.2, 0.25) is 5.91 Å². The van der Waals surface area contributed by atoms with Crippen molar-refractivity contribution in [3.63, 3.8) is 0 Å². The Kier molecular flexibility index (Phi) is 6.05. The van der Waals surface area contributed by atoms with Gasteiger partial charge in [0.1, 0.15) is 11.6 Å². The summed E-state index contributed by atoms with van der Waals surface area (Å²) in [5.74, 6) is -0.566. The summed E-state index contributed by atoms with van der Waals surface area (Å²) in [4.78, 5) is 19.3. The Balaban J connectivity index is 1.52. The molecule has 9 heteroatoms. The molecule has 0 bridgehead atoms. The minimum absolute atomic E-state index is 0.00355. The topological polar surface area (TPSA) is 67.0 Å². The molecule has 3 aromatic rings. The fraction of sp³-hybridized carbons (Fsp3) is 0.300. The summed E-state index contributed by atoms with van der Waals surface area (Å²) >= 11 is 0. The van der Waals surface area contributed by atoms with E-state index in [9.17, 15) is 22.4 Å². The standard InChI is InChI=1S/C20H19F4N3O2/c1-12(17-6-4-15(10-26-17)29-11-20(22,23)24)27-19(28)7-2-13-9-25-18-5-3-14(21)8-16(13)18/h3-6,8-10,12,25H,2,7,11H2,1H3,(H,27,28). The minimum Gasteiger partial charge on any atom is -0.483 e. The molecule has 0 fully saturated rings. The van der Waals surface area contributed by atoms with E-state index in [1.54, 1.807) is 19.2 Å². The van der Waals surface area contributed by atoms with Gasteiger partial charge in [0.25, 0.3) is 0 Å². The van der Waals surface area contributed by atoms with Crippen LogP contribution in [0.1, 0.15) is 30.6 Å². The first kappa shape index (κ1) is 20.6. The van der Waals surface area contributed by atoms with Crippen LogP contribution in [0.4, 0.5) is 17.6 Å². The van der Waals surface area contributed by atoms with Gasteiger partial charge in [-0.2, -0.15) is 13.2 Å². The SMILES string of the molecule is CC(NC(=O)CCc1c[nH]c2ccc(F)cc12)c1ccc(OCC(F)(F)F)cn1. The molecule has 0 aliphatic carbocycles. The Labute approximate surface area is 164 Å². The lowest BCUT2D eigenvalue weighted by molar-refractivity contribution is -0.153. The molecule has 0 aliphatic heterocycles. The first-order valence-electron chi connectivity index (χ1n) is 8.91. The van der Waals surface area contributed by atoms with Crippen molar-refractivity contribution in [3.8, 4) is 5.75 Å². The quantitative estimate of drug-likeness (QED) is 0.567. The molecule has 1 unspecified atom stereocenters. The second kappa shape index (κ2) is 8.50. The fourth-order valence-electron chi connectivity index (χ4n) is 2.89. The summed E-state index contributed by atoms with van der Waals surface area (Å²) < 4.78 is 54.5. The van der Waals surface area contributed by atoms with Gasteiger partial charge in [0.15, 0.2) is 6.61 Å². The average Bonchev–Trinajstić information content (AvgIpc) is 3.06. The zero-order valence-corrected chi connectivity index (χ0v) is 15.5. The van der Waals surface area contributed by atoms with Gasteiger partial charge in [-0.1, -0.05) is 0 Å². The molecule has 2 aromatic heterocycles. The lowest BCUT2D eigenvalue weighted by Gasteiger charge is -2.14. The van der Waals surface area contributed by atoms with Crippen molar-refractivity contribution in [3.05, 3.63) is 59.8 Å². The number of fused-ring (bicyclic) bond motifs is 1. The van der Waals surface area contributed by atoms with E-state index >= 15 is 0 Å². The lowest BCUT2D eigenvalue weighted by atomic mass is 10.1. The van der Waals surface area contributed by atoms with Crippen molar-refractivity contribution in [1.82, 2.24) is 15.3 Å². The van der Waals surface area contributed by atoms with Crippen LogP contribution in [0.5, 0.6) is 5.75 Å². The van der Waals surface area contributed by atoms with Gasteiger partial charge in [0.05, 0.1) is 17.9 Å². The zero-order valence-electron chi connectivity index (χ0n) is 15.5. The number of alkyl halides is 3. The molecule has 0 spiro atoms. The monoisotopic (exact) mass is 409 g/mol. The third-order valence-electron chi connectivity index (χ3n) is 4.33. The van der Waals surface area contributed by atoms with Gasteiger partial charge in [-0.15, -0.1) is 0 Å². The second-order valence-electron chi connectivity index (χ2n) is 6.62. The first-order chi connectivity index (χ1) is 13.7. The number of nitrogens with zero attached hydrogens (tertiary/aromatic N) is 1. The van der Waals surface area contributed by atoms with Crippen LogP contribution in [-0.4, -0.2) is 28.7 Å². The first-order valence-corrected chi connectivity index (χ1v) is 8.91. The predicted octanol–water partition coefficient (Wildman–Crippen LogP) is 4.45. The summed E-state index contributed by atoms with van der Waals surface area (Å²) in [5.41, 5.74) is 2.13. The molecule has 2 heterocycles. The number of carbonyl (C=O) groups excluding carboxylic acids is 1. The van der Waals surface area contributed by atoms with Crippen molar-refractivity contribution >= 4 is 16.8 Å². The number of H-pyrrole nitrogens is 1. The predicted molar refractivity (Wildman–Crippen MR) is 98.9 cm³/mol. The average molecular weight is 409 g/mol. The maximum atomic E-state index is 13.4. The van der Waals surface area contributed by atoms with Crippen LogP contribution in [0, 0.1) is 5.82 Å². The molecule has 0 aliphatic rings. The second-order valence-corrected chi connectivity index (χ2v) is 6.62. The van der Waals surface area contributed by atoms with Gasteiger partial charge in [-0.25, -0.2) is 4.39 Å². The summed E-state index contributed by atoms with van der Waals surface area (Å²) in [6.45, 7) is 0.329. The number of amides is 1. The van der Waals surface area contributed by atoms with Gasteiger partial charge in [-0.05, 0) is 49.2 Å². The Morgan fingerprint density at radius 3 is 2.76 bits per heavy atom. The molecule has 0 saturated carbocycles. The van der Waals surface area contributed by atoms with E-state index in [0.29, 0.717) is 12.1 Å². The molecule has 1 atom stereocenters. The molecule has 29 heavy (non-hydrogen) atoms. The normalized spacial score (nSPS) is 12.7. The molecule has 154 valence electrons. The number of carbonyl (C=O) groups is 1. The van der Waals surface area contributed by atoms with Crippen molar-refractivity contribution in [1.29, 1.82) is 0 Å². The fourth-order valence-corrected chi connectivity index (χ4v) is 2.89. The van der Waals surface area contributed by atoms with Gasteiger partial charge in [-0.3, -0.25) is 9.78 Å². The highest BCUT2D eigenvalue weighted by molar-refractivity contribution is 5.84. The number of hydrogen-bond acceptors (Lipinski definition) is 3. The summed E-state index contributed by atoms with van der Waals surface area (Å²) in [5, 5.41) is 3.53. The molecule has 2 N–H and O–H groups in total. The molecule has 5 nitrogen and oxygen atoms in total. The number of nitrogens with one attached hydrogen (secondary N) is 2. The minimum atomic E-state index is -4.42. The number of ether oxygens (including phenoxy) is 1. The van der Waals surface area contributed by atoms with Crippen LogP contribution in [0.3, 0.4) is 0 Å². The van der Waals surface area contributed by atoms with Crippen LogP contribution in [0.25, 0.3) is 10.9 Å². The molecule has 0 saturated heterocycles. The lowest BCUT2D eigenvalue weighted by Crippen LogP contribution is -2.27. The molecular weight excluding hydrogens is 390 g/mol. The highest BCUT2D eigenvalue weighted by Crippen LogP contribution is 2.21. The Morgan fingerprint density at radius 1 is 1.28 bits per heavy atom. The van der Waals surface area contributed by atoms with E-state index in [2.05, 4.69) is 20.0 Å². The molecule has 1 aromatic carbocycles. The summed E-state index contributed by atoms with van der Waals surface area (Å²) in [6.07, 6.45) is -0.858. The van der Waals surface area contributed by atoms with E-state index in [1.807, 2.05) is 0 Å². The number of aromatic nitrogens is 2. The van der Waals surface area contributed by atoms with Gasteiger partial charge < -0.3 is 15.0 Å². The largest absolute Gasteiger partial charge is 0.483 e. The van der Waals surface area contributed by atoms with Crippen molar-refractivity contribution in [2.24, 2.45) is 0 Å². The number of aryl methyl sites for hydroxylation is 1. The smallest absolute Gasteiger partial charge is 0.422 e. The van der Waals surface area contributed by atoms with Gasteiger partial charge >= 0.3 is 6.18 Å². The highest BCUT2D eigenvalue weighted by Gasteiger charge is 2.28. The van der Waals surface area contributed by atoms with Crippen LogP contribution < -0.4 is 10.1 Å². The Hall–Kier alpha value is -3.10. The van der Waals surface area contributed by atoms with Crippen LogP contribution in [0.15, 0.2) is 42.7 Å². The molecule has 3 rings (SSSR count). The number of aromatic amines is 1. The maximum absolute atomic E-state index is 13.4. The number of benzene rings is 1. The summed E-state index contributed by atoms with van der Waals surface area (Å²) in [6, 6.07) is 6.87. The van der Waals surface area contributed by atoms with Gasteiger partial charge in [0, 0.05) is 23.5 Å². The van der Waals surface area contributed by atoms with E-state index < -0.39 is 18.8 Å². The van der Waals surface area contributed by atoms with Crippen molar-refractivity contribution in [2.45, 2.75) is 32.0 Å². The number of halogens is 4. The number of pyridine rings is 1. The van der Waals surface area contributed by atoms with Crippen molar-refractivity contribution in [2.75, 3.05) is 6.61 Å². The molecule has 1 amide bonds. The van der Waals surface area contributed by atoms with Crippen LogP contribution in [0.2, 0.25) is 0 Å². The van der Waals surface area contributed by atoms with Crippen LogP contribution >= 0.6 is 0 Å². The number of rotatable bonds is 7. The third kappa shape index (κ3) is 5.69. The van der Waals surface area contributed by atoms with E-state index in [0.717, 1.165) is 16.5 Å². The number of hydrogen-bond donors (Lipinski definition) is 2. The molecule has 0 radical (unpaired) electrons. The van der Waals surface area contributed by atoms with E-state index in [-0.39, 0.29) is 23.9 Å². The van der Waals surface area contributed by atoms with Crippen LogP contribution in [-0.2, 0) is 11.2 Å². The highest BCUT2D eigenvalue weighted by atomic mass is 19.4. The van der Waals surface area contributed by atoms with E-state index in [1.165, 1.54) is 30.5 Å². The Bertz CT molecular complexity index is 984. The van der Waals surface area contributed by atoms with E-state index in [4.69, 9.17) is 0 Å². The molecular formula is C20H19F4N3O2. The zero-order chi connectivity index (χ0) is 21.0. The Morgan fingerprint density at radius 2 is 2.07 bits per heavy atom. The summed E-state index contributed by atoms with van der Waals surface area (Å²) in [7, 11) is 0.